The summed E-state index contributed by atoms with van der Waals surface area (Å²) in [5, 5.41) is 9.42. The van der Waals surface area contributed by atoms with E-state index in [4.69, 9.17) is 5.73 Å². The highest BCUT2D eigenvalue weighted by Gasteiger charge is 2.47. The molecule has 3 N–H and O–H groups in total. The van der Waals surface area contributed by atoms with Crippen LogP contribution in [-0.2, 0) is 5.92 Å². The van der Waals surface area contributed by atoms with Gasteiger partial charge in [-0.2, -0.15) is 8.78 Å². The lowest BCUT2D eigenvalue weighted by Gasteiger charge is -2.29. The molecule has 0 fully saturated rings. The summed E-state index contributed by atoms with van der Waals surface area (Å²) in [4.78, 5) is 0. The van der Waals surface area contributed by atoms with Gasteiger partial charge in [0.05, 0.1) is 0 Å². The fraction of sp³-hybridized carbons (Fsp3) is 0.500. The topological polar surface area (TPSA) is 46.2 Å². The summed E-state index contributed by atoms with van der Waals surface area (Å²) < 4.78 is 40.9. The smallest absolute Gasteiger partial charge is 0.300 e. The molecule has 0 bridgehead atoms. The van der Waals surface area contributed by atoms with Gasteiger partial charge >= 0.3 is 5.92 Å². The molecule has 0 heterocycles. The molecule has 6 heteroatoms. The van der Waals surface area contributed by atoms with Crippen molar-refractivity contribution in [1.82, 2.24) is 0 Å². The van der Waals surface area contributed by atoms with Gasteiger partial charge in [-0.25, -0.2) is 4.39 Å². The van der Waals surface area contributed by atoms with Crippen LogP contribution in [0.25, 0.3) is 0 Å². The standard InChI is InChI=1S/C12H16F3NO.ClH/c1-7(16)8-4-9(6-10(13)5-8)12(14,15)11(2,3)17;/h4-7,17H,16H2,1-3H3;1H/t7-;/m1./s1. The molecule has 104 valence electrons. The van der Waals surface area contributed by atoms with Crippen molar-refractivity contribution in [2.24, 2.45) is 5.73 Å². The molecule has 0 amide bonds. The van der Waals surface area contributed by atoms with Crippen LogP contribution in [0.1, 0.15) is 37.9 Å². The van der Waals surface area contributed by atoms with Crippen LogP contribution in [0.3, 0.4) is 0 Å². The van der Waals surface area contributed by atoms with E-state index in [9.17, 15) is 18.3 Å². The normalized spacial score (nSPS) is 14.0. The molecule has 0 saturated heterocycles. The Kier molecular flexibility index (Phi) is 5.23. The van der Waals surface area contributed by atoms with E-state index in [2.05, 4.69) is 0 Å². The Balaban J connectivity index is 0.00000289. The lowest BCUT2D eigenvalue weighted by molar-refractivity contribution is -0.168. The minimum absolute atomic E-state index is 0. The Morgan fingerprint density at radius 2 is 1.72 bits per heavy atom. The molecule has 0 aliphatic carbocycles. The predicted octanol–water partition coefficient (Wildman–Crippen LogP) is 3.13. The Morgan fingerprint density at radius 3 is 2.11 bits per heavy atom. The molecule has 0 radical (unpaired) electrons. The SMILES string of the molecule is C[C@@H](N)c1cc(F)cc(C(F)(F)C(C)(C)O)c1.Cl. The van der Waals surface area contributed by atoms with E-state index in [1.165, 1.54) is 0 Å². The monoisotopic (exact) mass is 283 g/mol. The number of nitrogens with two attached hydrogens (primary N) is 1. The zero-order valence-corrected chi connectivity index (χ0v) is 11.2. The summed E-state index contributed by atoms with van der Waals surface area (Å²) in [6.45, 7) is 3.52. The predicted molar refractivity (Wildman–Crippen MR) is 66.4 cm³/mol. The average Bonchev–Trinajstić information content (AvgIpc) is 2.14. The van der Waals surface area contributed by atoms with Crippen molar-refractivity contribution in [1.29, 1.82) is 0 Å². The van der Waals surface area contributed by atoms with Crippen LogP contribution in [0.4, 0.5) is 13.2 Å². The van der Waals surface area contributed by atoms with Gasteiger partial charge in [0.1, 0.15) is 11.4 Å². The first-order valence-electron chi connectivity index (χ1n) is 5.22. The first-order chi connectivity index (χ1) is 7.55. The van der Waals surface area contributed by atoms with Crippen molar-refractivity contribution in [3.63, 3.8) is 0 Å². The molecular weight excluding hydrogens is 267 g/mol. The highest BCUT2D eigenvalue weighted by atomic mass is 35.5. The lowest BCUT2D eigenvalue weighted by Crippen LogP contribution is -2.40. The van der Waals surface area contributed by atoms with Gasteiger partial charge in [0, 0.05) is 11.6 Å². The summed E-state index contributed by atoms with van der Waals surface area (Å²) in [6.07, 6.45) is 0. The van der Waals surface area contributed by atoms with E-state index in [1.54, 1.807) is 6.92 Å². The van der Waals surface area contributed by atoms with Gasteiger partial charge in [-0.15, -0.1) is 12.4 Å². The number of aliphatic hydroxyl groups is 1. The van der Waals surface area contributed by atoms with Gasteiger partial charge in [0.2, 0.25) is 0 Å². The molecule has 1 aromatic carbocycles. The van der Waals surface area contributed by atoms with Crippen molar-refractivity contribution in [2.75, 3.05) is 0 Å². The third kappa shape index (κ3) is 3.37. The maximum Gasteiger partial charge on any atom is 0.300 e. The maximum absolute atomic E-state index is 13.8. The molecule has 0 aliphatic heterocycles. The second-order valence-corrected chi connectivity index (χ2v) is 4.70. The summed E-state index contributed by atoms with van der Waals surface area (Å²) in [7, 11) is 0. The van der Waals surface area contributed by atoms with Gasteiger partial charge in [-0.05, 0) is 44.5 Å². The van der Waals surface area contributed by atoms with E-state index >= 15 is 0 Å². The van der Waals surface area contributed by atoms with Crippen LogP contribution in [0.2, 0.25) is 0 Å². The fourth-order valence-corrected chi connectivity index (χ4v) is 1.41. The summed E-state index contributed by atoms with van der Waals surface area (Å²) in [6, 6.07) is 2.38. The molecule has 1 atom stereocenters. The van der Waals surface area contributed by atoms with Gasteiger partial charge in [0.15, 0.2) is 0 Å². The Bertz CT molecular complexity index is 416. The van der Waals surface area contributed by atoms with Crippen LogP contribution < -0.4 is 5.73 Å². The average molecular weight is 284 g/mol. The van der Waals surface area contributed by atoms with Gasteiger partial charge < -0.3 is 10.8 Å². The molecule has 0 aliphatic rings. The molecule has 18 heavy (non-hydrogen) atoms. The van der Waals surface area contributed by atoms with Crippen molar-refractivity contribution < 1.29 is 18.3 Å². The minimum atomic E-state index is -3.54. The summed E-state index contributed by atoms with van der Waals surface area (Å²) in [5.74, 6) is -4.34. The number of rotatable bonds is 3. The number of alkyl halides is 2. The number of hydrogen-bond donors (Lipinski definition) is 2. The van der Waals surface area contributed by atoms with Crippen molar-refractivity contribution in [3.05, 3.63) is 35.1 Å². The molecule has 1 rings (SSSR count). The van der Waals surface area contributed by atoms with Crippen molar-refractivity contribution in [3.8, 4) is 0 Å². The van der Waals surface area contributed by atoms with E-state index in [1.807, 2.05) is 0 Å². The van der Waals surface area contributed by atoms with Crippen LogP contribution in [0.5, 0.6) is 0 Å². The van der Waals surface area contributed by atoms with Crippen molar-refractivity contribution >= 4 is 12.4 Å². The highest BCUT2D eigenvalue weighted by molar-refractivity contribution is 5.85. The molecule has 2 nitrogen and oxygen atoms in total. The molecule has 1 aromatic rings. The third-order valence-corrected chi connectivity index (χ3v) is 2.58. The zero-order chi connectivity index (χ0) is 13.4. The Morgan fingerprint density at radius 1 is 1.22 bits per heavy atom. The minimum Gasteiger partial charge on any atom is -0.384 e. The van der Waals surface area contributed by atoms with Crippen LogP contribution >= 0.6 is 12.4 Å². The first kappa shape index (κ1) is 17.2. The second kappa shape index (κ2) is 5.47. The van der Waals surface area contributed by atoms with Gasteiger partial charge in [0.25, 0.3) is 0 Å². The zero-order valence-electron chi connectivity index (χ0n) is 10.4. The quantitative estimate of drug-likeness (QED) is 0.895. The van der Waals surface area contributed by atoms with Crippen LogP contribution in [-0.4, -0.2) is 10.7 Å². The molecule has 0 spiro atoms. The fourth-order valence-electron chi connectivity index (χ4n) is 1.41. The van der Waals surface area contributed by atoms with E-state index < -0.39 is 28.9 Å². The van der Waals surface area contributed by atoms with E-state index in [0.29, 0.717) is 6.07 Å². The van der Waals surface area contributed by atoms with E-state index in [-0.39, 0.29) is 18.0 Å². The number of halogens is 4. The second-order valence-electron chi connectivity index (χ2n) is 4.70. The Labute approximate surface area is 110 Å². The molecule has 0 aromatic heterocycles. The molecule has 0 saturated carbocycles. The maximum atomic E-state index is 13.8. The Hall–Kier alpha value is -0.780. The van der Waals surface area contributed by atoms with Gasteiger partial charge in [-0.3, -0.25) is 0 Å². The van der Waals surface area contributed by atoms with Crippen molar-refractivity contribution in [2.45, 2.75) is 38.3 Å². The van der Waals surface area contributed by atoms with Crippen LogP contribution in [0.15, 0.2) is 18.2 Å². The molecule has 0 unspecified atom stereocenters. The first-order valence-corrected chi connectivity index (χ1v) is 5.22. The summed E-state index contributed by atoms with van der Waals surface area (Å²) in [5.41, 5.74) is 2.96. The number of benzene rings is 1. The van der Waals surface area contributed by atoms with Gasteiger partial charge in [-0.1, -0.05) is 0 Å². The summed E-state index contributed by atoms with van der Waals surface area (Å²) >= 11 is 0. The van der Waals surface area contributed by atoms with E-state index in [0.717, 1.165) is 26.0 Å². The lowest BCUT2D eigenvalue weighted by atomic mass is 9.91. The van der Waals surface area contributed by atoms with Crippen LogP contribution in [0, 0.1) is 5.82 Å². The highest BCUT2D eigenvalue weighted by Crippen LogP contribution is 2.39. The molecular formula is C12H17ClF3NO. The largest absolute Gasteiger partial charge is 0.384 e. The third-order valence-electron chi connectivity index (χ3n) is 2.58. The number of hydrogen-bond acceptors (Lipinski definition) is 2.